The molecule has 120 valence electrons. The van der Waals surface area contributed by atoms with Gasteiger partial charge in [0.05, 0.1) is 5.92 Å². The highest BCUT2D eigenvalue weighted by Gasteiger charge is 2.28. The second-order valence-corrected chi connectivity index (χ2v) is 6.21. The number of carbonyl (C=O) groups excluding carboxylic acids is 1. The SMILES string of the molecule is CC(CN(C(=O)c1ccccc1)C1CCCCCC1)C(=O)O. The molecule has 1 aliphatic rings. The minimum absolute atomic E-state index is 0.0411. The van der Waals surface area contributed by atoms with Gasteiger partial charge in [0.15, 0.2) is 0 Å². The van der Waals surface area contributed by atoms with E-state index in [1.165, 1.54) is 12.8 Å². The largest absolute Gasteiger partial charge is 0.481 e. The van der Waals surface area contributed by atoms with Crippen molar-refractivity contribution in [2.45, 2.75) is 51.5 Å². The van der Waals surface area contributed by atoms with E-state index in [4.69, 9.17) is 0 Å². The van der Waals surface area contributed by atoms with Gasteiger partial charge in [0.2, 0.25) is 0 Å². The monoisotopic (exact) mass is 303 g/mol. The fourth-order valence-corrected chi connectivity index (χ4v) is 3.09. The summed E-state index contributed by atoms with van der Waals surface area (Å²) in [5, 5.41) is 9.20. The highest BCUT2D eigenvalue weighted by molar-refractivity contribution is 5.94. The molecule has 0 aliphatic heterocycles. The molecule has 0 bridgehead atoms. The number of hydrogen-bond donors (Lipinski definition) is 1. The van der Waals surface area contributed by atoms with E-state index in [9.17, 15) is 14.7 Å². The molecular weight excluding hydrogens is 278 g/mol. The van der Waals surface area contributed by atoms with E-state index in [0.717, 1.165) is 25.7 Å². The van der Waals surface area contributed by atoms with Crippen LogP contribution in [0.4, 0.5) is 0 Å². The van der Waals surface area contributed by atoms with E-state index in [2.05, 4.69) is 0 Å². The number of hydrogen-bond acceptors (Lipinski definition) is 2. The van der Waals surface area contributed by atoms with E-state index in [1.807, 2.05) is 18.2 Å². The topological polar surface area (TPSA) is 57.6 Å². The molecule has 0 heterocycles. The van der Waals surface area contributed by atoms with Gasteiger partial charge in [0.25, 0.3) is 5.91 Å². The highest BCUT2D eigenvalue weighted by Crippen LogP contribution is 2.24. The zero-order chi connectivity index (χ0) is 15.9. The molecule has 1 N–H and O–H groups in total. The van der Waals surface area contributed by atoms with Gasteiger partial charge in [-0.15, -0.1) is 0 Å². The Labute approximate surface area is 132 Å². The van der Waals surface area contributed by atoms with Crippen molar-refractivity contribution in [2.24, 2.45) is 5.92 Å². The summed E-state index contributed by atoms with van der Waals surface area (Å²) in [6, 6.07) is 9.34. The maximum atomic E-state index is 12.8. The molecule has 1 atom stereocenters. The Morgan fingerprint density at radius 2 is 1.73 bits per heavy atom. The van der Waals surface area contributed by atoms with E-state index in [-0.39, 0.29) is 18.5 Å². The lowest BCUT2D eigenvalue weighted by atomic mass is 10.0. The molecule has 1 aliphatic carbocycles. The lowest BCUT2D eigenvalue weighted by Gasteiger charge is -2.32. The molecular formula is C18H25NO3. The zero-order valence-corrected chi connectivity index (χ0v) is 13.2. The molecule has 1 unspecified atom stereocenters. The van der Waals surface area contributed by atoms with Gasteiger partial charge in [0.1, 0.15) is 0 Å². The summed E-state index contributed by atoms with van der Waals surface area (Å²) in [6.45, 7) is 1.96. The molecule has 1 amide bonds. The molecule has 0 saturated heterocycles. The normalized spacial score (nSPS) is 17.5. The van der Waals surface area contributed by atoms with Gasteiger partial charge < -0.3 is 10.0 Å². The average Bonchev–Trinajstić information content (AvgIpc) is 2.81. The van der Waals surface area contributed by atoms with E-state index in [1.54, 1.807) is 24.0 Å². The Kier molecular flexibility index (Phi) is 5.99. The first-order chi connectivity index (χ1) is 10.6. The molecule has 0 spiro atoms. The van der Waals surface area contributed by atoms with Crippen molar-refractivity contribution >= 4 is 11.9 Å². The average molecular weight is 303 g/mol. The van der Waals surface area contributed by atoms with Gasteiger partial charge in [-0.1, -0.05) is 50.8 Å². The van der Waals surface area contributed by atoms with E-state index < -0.39 is 11.9 Å². The zero-order valence-electron chi connectivity index (χ0n) is 13.2. The summed E-state index contributed by atoms with van der Waals surface area (Å²) in [5.41, 5.74) is 0.643. The van der Waals surface area contributed by atoms with Crippen molar-refractivity contribution in [1.29, 1.82) is 0 Å². The number of aliphatic carboxylic acids is 1. The Bertz CT molecular complexity index is 492. The molecule has 1 aromatic rings. The van der Waals surface area contributed by atoms with Crippen molar-refractivity contribution < 1.29 is 14.7 Å². The smallest absolute Gasteiger partial charge is 0.308 e. The van der Waals surface area contributed by atoms with E-state index in [0.29, 0.717) is 5.56 Å². The van der Waals surface area contributed by atoms with Gasteiger partial charge >= 0.3 is 5.97 Å². The standard InChI is InChI=1S/C18H25NO3/c1-14(18(21)22)13-19(16-11-7-2-3-8-12-16)17(20)15-9-5-4-6-10-15/h4-6,9-10,14,16H,2-3,7-8,11-13H2,1H3,(H,21,22). The minimum Gasteiger partial charge on any atom is -0.481 e. The first-order valence-electron chi connectivity index (χ1n) is 8.18. The van der Waals surface area contributed by atoms with Crippen LogP contribution in [0.5, 0.6) is 0 Å². The Hall–Kier alpha value is -1.84. The maximum absolute atomic E-state index is 12.8. The molecule has 0 radical (unpaired) electrons. The lowest BCUT2D eigenvalue weighted by molar-refractivity contribution is -0.141. The molecule has 1 aromatic carbocycles. The van der Waals surface area contributed by atoms with Crippen molar-refractivity contribution in [3.05, 3.63) is 35.9 Å². The molecule has 1 fully saturated rings. The number of carbonyl (C=O) groups is 2. The molecule has 2 rings (SSSR count). The number of rotatable bonds is 5. The van der Waals surface area contributed by atoms with Gasteiger partial charge in [-0.3, -0.25) is 9.59 Å². The van der Waals surface area contributed by atoms with Crippen LogP contribution >= 0.6 is 0 Å². The Balaban J connectivity index is 2.19. The second kappa shape index (κ2) is 7.97. The summed E-state index contributed by atoms with van der Waals surface area (Å²) >= 11 is 0. The van der Waals surface area contributed by atoms with Gasteiger partial charge in [-0.05, 0) is 25.0 Å². The maximum Gasteiger partial charge on any atom is 0.308 e. The van der Waals surface area contributed by atoms with Gasteiger partial charge in [0, 0.05) is 18.2 Å². The molecule has 0 aromatic heterocycles. The van der Waals surface area contributed by atoms with Crippen LogP contribution < -0.4 is 0 Å². The summed E-state index contributed by atoms with van der Waals surface area (Å²) in [4.78, 5) is 25.9. The van der Waals surface area contributed by atoms with Crippen LogP contribution in [0.25, 0.3) is 0 Å². The summed E-state index contributed by atoms with van der Waals surface area (Å²) in [5.74, 6) is -1.43. The van der Waals surface area contributed by atoms with Crippen molar-refractivity contribution in [1.82, 2.24) is 4.90 Å². The predicted molar refractivity (Wildman–Crippen MR) is 85.8 cm³/mol. The van der Waals surface area contributed by atoms with Crippen molar-refractivity contribution in [3.63, 3.8) is 0 Å². The van der Waals surface area contributed by atoms with Crippen molar-refractivity contribution in [3.8, 4) is 0 Å². The Morgan fingerprint density at radius 3 is 2.27 bits per heavy atom. The first kappa shape index (κ1) is 16.5. The number of benzene rings is 1. The number of amides is 1. The van der Waals surface area contributed by atoms with Crippen LogP contribution in [-0.4, -0.2) is 34.5 Å². The van der Waals surface area contributed by atoms with E-state index >= 15 is 0 Å². The second-order valence-electron chi connectivity index (χ2n) is 6.21. The van der Waals surface area contributed by atoms with Gasteiger partial charge in [-0.2, -0.15) is 0 Å². The summed E-state index contributed by atoms with van der Waals surface area (Å²) < 4.78 is 0. The van der Waals surface area contributed by atoms with Crippen LogP contribution in [0.15, 0.2) is 30.3 Å². The number of carboxylic acids is 1. The van der Waals surface area contributed by atoms with Crippen LogP contribution in [-0.2, 0) is 4.79 Å². The third-order valence-corrected chi connectivity index (χ3v) is 4.44. The molecule has 4 nitrogen and oxygen atoms in total. The molecule has 22 heavy (non-hydrogen) atoms. The Morgan fingerprint density at radius 1 is 1.14 bits per heavy atom. The fraction of sp³-hybridized carbons (Fsp3) is 0.556. The molecule has 4 heteroatoms. The third kappa shape index (κ3) is 4.33. The number of nitrogens with zero attached hydrogens (tertiary/aromatic N) is 1. The van der Waals surface area contributed by atoms with Gasteiger partial charge in [-0.25, -0.2) is 0 Å². The minimum atomic E-state index is -0.848. The van der Waals surface area contributed by atoms with Crippen molar-refractivity contribution in [2.75, 3.05) is 6.54 Å². The summed E-state index contributed by atoms with van der Waals surface area (Å²) in [6.07, 6.45) is 6.60. The van der Waals surface area contributed by atoms with Crippen LogP contribution in [0.1, 0.15) is 55.8 Å². The third-order valence-electron chi connectivity index (χ3n) is 4.44. The highest BCUT2D eigenvalue weighted by atomic mass is 16.4. The van der Waals surface area contributed by atoms with Crippen LogP contribution in [0.3, 0.4) is 0 Å². The first-order valence-corrected chi connectivity index (χ1v) is 8.18. The molecule has 1 saturated carbocycles. The predicted octanol–water partition coefficient (Wildman–Crippen LogP) is 3.57. The number of carboxylic acid groups (broad SMARTS) is 1. The fourth-order valence-electron chi connectivity index (χ4n) is 3.09. The quantitative estimate of drug-likeness (QED) is 0.846. The van der Waals surface area contributed by atoms with Crippen LogP contribution in [0.2, 0.25) is 0 Å². The lowest BCUT2D eigenvalue weighted by Crippen LogP contribution is -2.44. The van der Waals surface area contributed by atoms with Crippen LogP contribution in [0, 0.1) is 5.92 Å². The summed E-state index contributed by atoms with van der Waals surface area (Å²) in [7, 11) is 0.